The van der Waals surface area contributed by atoms with Crippen LogP contribution in [-0.2, 0) is 9.84 Å². The highest BCUT2D eigenvalue weighted by Gasteiger charge is 2.12. The summed E-state index contributed by atoms with van der Waals surface area (Å²) in [5.41, 5.74) is 1.67. The largest absolute Gasteiger partial charge is 0.236 e. The average molecular weight is 337 g/mol. The molecular weight excluding hydrogens is 326 g/mol. The van der Waals surface area contributed by atoms with Crippen molar-refractivity contribution in [3.8, 4) is 0 Å². The first-order valence-corrected chi connectivity index (χ1v) is 9.57. The van der Waals surface area contributed by atoms with Gasteiger partial charge in [0, 0.05) is 22.7 Å². The number of fused-ring (bicyclic) bond motifs is 1. The van der Waals surface area contributed by atoms with Crippen LogP contribution in [0.25, 0.3) is 10.9 Å². The molecule has 108 valence electrons. The van der Waals surface area contributed by atoms with E-state index in [1.807, 2.05) is 12.3 Å². The van der Waals surface area contributed by atoms with Gasteiger partial charge in [0.1, 0.15) is 11.4 Å². The van der Waals surface area contributed by atoms with Crippen molar-refractivity contribution in [1.82, 2.24) is 15.0 Å². The Hall–Kier alpha value is -1.51. The molecule has 5 nitrogen and oxygen atoms in total. The predicted octanol–water partition coefficient (Wildman–Crippen LogP) is 2.95. The van der Waals surface area contributed by atoms with Crippen molar-refractivity contribution in [2.75, 3.05) is 6.26 Å². The molecule has 1 aromatic carbocycles. The van der Waals surface area contributed by atoms with Gasteiger partial charge in [-0.1, -0.05) is 0 Å². The summed E-state index contributed by atoms with van der Waals surface area (Å²) >= 11 is 2.95. The number of aryl methyl sites for hydroxylation is 1. The van der Waals surface area contributed by atoms with E-state index in [0.717, 1.165) is 15.4 Å². The molecule has 2 heterocycles. The number of aromatic nitrogens is 3. The number of nitrogens with zero attached hydrogens (tertiary/aromatic N) is 3. The van der Waals surface area contributed by atoms with Gasteiger partial charge in [0.2, 0.25) is 0 Å². The quantitative estimate of drug-likeness (QED) is 0.684. The van der Waals surface area contributed by atoms with Crippen LogP contribution in [0.2, 0.25) is 0 Å². The van der Waals surface area contributed by atoms with Crippen molar-refractivity contribution in [2.45, 2.75) is 21.2 Å². The van der Waals surface area contributed by atoms with Crippen LogP contribution in [0.3, 0.4) is 0 Å². The standard InChI is InChI=1S/C13H11N3O2S3/c1-8-6-19-13(16-8)20-12-10-5-9(21(2,17)18)3-4-11(10)14-7-15-12/h3-7H,1-2H3. The third-order valence-corrected chi connectivity index (χ3v) is 5.97. The van der Waals surface area contributed by atoms with Crippen LogP contribution in [0.15, 0.2) is 44.2 Å². The average Bonchev–Trinajstić information content (AvgIpc) is 2.83. The van der Waals surface area contributed by atoms with E-state index in [4.69, 9.17) is 0 Å². The van der Waals surface area contributed by atoms with Gasteiger partial charge >= 0.3 is 0 Å². The van der Waals surface area contributed by atoms with Crippen molar-refractivity contribution < 1.29 is 8.42 Å². The number of benzene rings is 1. The Balaban J connectivity index is 2.13. The molecule has 0 bridgehead atoms. The zero-order chi connectivity index (χ0) is 15.0. The van der Waals surface area contributed by atoms with Gasteiger partial charge in [-0.2, -0.15) is 0 Å². The Labute approximate surface area is 130 Å². The van der Waals surface area contributed by atoms with Crippen molar-refractivity contribution in [1.29, 1.82) is 0 Å². The number of thiazole rings is 1. The molecule has 8 heteroatoms. The van der Waals surface area contributed by atoms with Crippen LogP contribution in [0.4, 0.5) is 0 Å². The lowest BCUT2D eigenvalue weighted by Crippen LogP contribution is -1.97. The molecule has 0 aliphatic rings. The van der Waals surface area contributed by atoms with E-state index in [2.05, 4.69) is 15.0 Å². The van der Waals surface area contributed by atoms with Gasteiger partial charge in [0.25, 0.3) is 0 Å². The molecule has 0 aliphatic heterocycles. The van der Waals surface area contributed by atoms with Gasteiger partial charge in [-0.05, 0) is 36.9 Å². The number of sulfone groups is 1. The van der Waals surface area contributed by atoms with Gasteiger partial charge < -0.3 is 0 Å². The molecule has 0 fully saturated rings. The molecule has 0 spiro atoms. The molecule has 3 rings (SSSR count). The van der Waals surface area contributed by atoms with Gasteiger partial charge in [-0.3, -0.25) is 0 Å². The van der Waals surface area contributed by atoms with E-state index in [1.165, 1.54) is 35.7 Å². The first-order chi connectivity index (χ1) is 9.93. The predicted molar refractivity (Wildman–Crippen MR) is 83.6 cm³/mol. The summed E-state index contributed by atoms with van der Waals surface area (Å²) < 4.78 is 24.3. The fourth-order valence-electron chi connectivity index (χ4n) is 1.79. The normalized spacial score (nSPS) is 11.9. The second-order valence-corrected chi connectivity index (χ2v) is 8.60. The van der Waals surface area contributed by atoms with Gasteiger partial charge in [0.05, 0.1) is 10.4 Å². The summed E-state index contributed by atoms with van der Waals surface area (Å²) in [6.07, 6.45) is 2.67. The Morgan fingerprint density at radius 2 is 2.05 bits per heavy atom. The minimum Gasteiger partial charge on any atom is -0.236 e. The van der Waals surface area contributed by atoms with E-state index in [1.54, 1.807) is 18.2 Å². The monoisotopic (exact) mass is 337 g/mol. The van der Waals surface area contributed by atoms with Crippen LogP contribution < -0.4 is 0 Å². The number of hydrogen-bond donors (Lipinski definition) is 0. The van der Waals surface area contributed by atoms with Gasteiger partial charge in [0.15, 0.2) is 14.2 Å². The highest BCUT2D eigenvalue weighted by atomic mass is 32.2. The smallest absolute Gasteiger partial charge is 0.175 e. The van der Waals surface area contributed by atoms with Crippen LogP contribution in [0.5, 0.6) is 0 Å². The molecule has 0 amide bonds. The summed E-state index contributed by atoms with van der Waals surface area (Å²) in [6.45, 7) is 1.93. The Bertz CT molecular complexity index is 919. The van der Waals surface area contributed by atoms with Crippen molar-refractivity contribution in [3.63, 3.8) is 0 Å². The Morgan fingerprint density at radius 3 is 2.71 bits per heavy atom. The summed E-state index contributed by atoms with van der Waals surface area (Å²) in [7, 11) is -3.26. The Kier molecular flexibility index (Phi) is 3.68. The third-order valence-electron chi connectivity index (χ3n) is 2.78. The van der Waals surface area contributed by atoms with Crippen molar-refractivity contribution in [2.24, 2.45) is 0 Å². The molecule has 21 heavy (non-hydrogen) atoms. The minimum atomic E-state index is -3.26. The summed E-state index contributed by atoms with van der Waals surface area (Å²) in [5.74, 6) is 0. The SMILES string of the molecule is Cc1csc(Sc2ncnc3ccc(S(C)(=O)=O)cc23)n1. The van der Waals surface area contributed by atoms with Crippen molar-refractivity contribution >= 4 is 43.8 Å². The zero-order valence-corrected chi connectivity index (χ0v) is 13.7. The molecule has 0 aliphatic carbocycles. The molecule has 0 saturated carbocycles. The fraction of sp³-hybridized carbons (Fsp3) is 0.154. The molecular formula is C13H11N3O2S3. The molecule has 0 N–H and O–H groups in total. The number of rotatable bonds is 3. The van der Waals surface area contributed by atoms with E-state index in [9.17, 15) is 8.42 Å². The fourth-order valence-corrected chi connectivity index (χ4v) is 4.26. The highest BCUT2D eigenvalue weighted by Crippen LogP contribution is 2.33. The molecule has 3 aromatic rings. The van der Waals surface area contributed by atoms with E-state index in [-0.39, 0.29) is 4.90 Å². The molecule has 0 radical (unpaired) electrons. The molecule has 0 saturated heterocycles. The highest BCUT2D eigenvalue weighted by molar-refractivity contribution is 8.01. The maximum absolute atomic E-state index is 11.7. The minimum absolute atomic E-state index is 0.266. The van der Waals surface area contributed by atoms with E-state index in [0.29, 0.717) is 10.5 Å². The third kappa shape index (κ3) is 3.07. The molecule has 2 aromatic heterocycles. The van der Waals surface area contributed by atoms with Gasteiger partial charge in [-0.25, -0.2) is 23.4 Å². The Morgan fingerprint density at radius 1 is 1.24 bits per heavy atom. The first kappa shape index (κ1) is 14.4. The first-order valence-electron chi connectivity index (χ1n) is 5.98. The number of hydrogen-bond acceptors (Lipinski definition) is 7. The van der Waals surface area contributed by atoms with E-state index >= 15 is 0 Å². The lowest BCUT2D eigenvalue weighted by molar-refractivity contribution is 0.602. The van der Waals surface area contributed by atoms with Crippen LogP contribution in [-0.4, -0.2) is 29.6 Å². The maximum Gasteiger partial charge on any atom is 0.175 e. The second kappa shape index (κ2) is 5.36. The lowest BCUT2D eigenvalue weighted by atomic mass is 10.2. The van der Waals surface area contributed by atoms with Crippen LogP contribution in [0, 0.1) is 6.92 Å². The van der Waals surface area contributed by atoms with Crippen LogP contribution >= 0.6 is 23.1 Å². The van der Waals surface area contributed by atoms with E-state index < -0.39 is 9.84 Å². The second-order valence-electron chi connectivity index (χ2n) is 4.49. The van der Waals surface area contributed by atoms with Crippen molar-refractivity contribution in [3.05, 3.63) is 35.6 Å². The summed E-state index contributed by atoms with van der Waals surface area (Å²) in [6, 6.07) is 4.88. The summed E-state index contributed by atoms with van der Waals surface area (Å²) in [4.78, 5) is 13.1. The summed E-state index contributed by atoms with van der Waals surface area (Å²) in [5, 5.41) is 3.39. The lowest BCUT2D eigenvalue weighted by Gasteiger charge is -2.05. The zero-order valence-electron chi connectivity index (χ0n) is 11.3. The molecule has 0 atom stereocenters. The van der Waals surface area contributed by atoms with Crippen LogP contribution in [0.1, 0.15) is 5.69 Å². The maximum atomic E-state index is 11.7. The topological polar surface area (TPSA) is 72.8 Å². The molecule has 0 unspecified atom stereocenters. The van der Waals surface area contributed by atoms with Gasteiger partial charge in [-0.15, -0.1) is 11.3 Å².